The van der Waals surface area contributed by atoms with Crippen molar-refractivity contribution in [3.8, 4) is 0 Å². The van der Waals surface area contributed by atoms with Gasteiger partial charge in [-0.15, -0.1) is 0 Å². The van der Waals surface area contributed by atoms with E-state index in [0.717, 1.165) is 48.9 Å². The molecule has 0 bridgehead atoms. The lowest BCUT2D eigenvalue weighted by atomic mass is 9.44. The quantitative estimate of drug-likeness (QED) is 0.378. The number of aliphatic hydroxyl groups excluding tert-OH is 1. The van der Waals surface area contributed by atoms with E-state index in [0.29, 0.717) is 23.2 Å². The lowest BCUT2D eigenvalue weighted by Crippen LogP contribution is -2.54. The van der Waals surface area contributed by atoms with Crippen molar-refractivity contribution in [2.75, 3.05) is 0 Å². The molecule has 160 valence electrons. The number of hydrogen-bond donors (Lipinski definition) is 3. The fraction of sp³-hybridized carbons (Fsp3) is 0.958. The molecule has 9 atom stereocenters. The van der Waals surface area contributed by atoms with E-state index < -0.39 is 0 Å². The summed E-state index contributed by atoms with van der Waals surface area (Å²) < 4.78 is 0. The predicted octanol–water partition coefficient (Wildman–Crippen LogP) is 4.41. The van der Waals surface area contributed by atoms with E-state index in [4.69, 9.17) is 5.84 Å². The normalized spacial score (nSPS) is 48.9. The van der Waals surface area contributed by atoms with Gasteiger partial charge in [-0.3, -0.25) is 10.2 Å². The molecule has 0 radical (unpaired) electrons. The number of aliphatic hydroxyl groups is 1. The second-order valence-corrected chi connectivity index (χ2v) is 11.4. The van der Waals surface area contributed by atoms with Crippen LogP contribution in [0, 0.1) is 46.3 Å². The standard InChI is InChI=1S/C24H42N2O2/c1-15(4-9-22(28)26-25)19-7-8-20-18-6-5-16-14-17(27)10-12-23(16,2)21(18)11-13-24(19,20)3/h15-21,27H,4-14,25H2,1-3H3,(H,26,28)/t15-,16-,17-,18+,19+,20-,21-,23+,24-/m1/s1. The second-order valence-electron chi connectivity index (χ2n) is 11.4. The van der Waals surface area contributed by atoms with Gasteiger partial charge in [0.05, 0.1) is 6.10 Å². The number of amides is 1. The van der Waals surface area contributed by atoms with E-state index in [1.54, 1.807) is 0 Å². The van der Waals surface area contributed by atoms with Crippen LogP contribution in [0.25, 0.3) is 0 Å². The van der Waals surface area contributed by atoms with Gasteiger partial charge in [0.1, 0.15) is 0 Å². The molecule has 28 heavy (non-hydrogen) atoms. The van der Waals surface area contributed by atoms with Crippen LogP contribution in [-0.2, 0) is 4.79 Å². The zero-order chi connectivity index (χ0) is 20.1. The molecule has 0 aromatic rings. The molecule has 4 nitrogen and oxygen atoms in total. The second kappa shape index (κ2) is 7.58. The van der Waals surface area contributed by atoms with Crippen molar-refractivity contribution in [1.82, 2.24) is 5.43 Å². The molecule has 0 spiro atoms. The molecule has 4 N–H and O–H groups in total. The van der Waals surface area contributed by atoms with Gasteiger partial charge in [-0.1, -0.05) is 20.8 Å². The zero-order valence-electron chi connectivity index (χ0n) is 18.3. The van der Waals surface area contributed by atoms with E-state index in [2.05, 4.69) is 26.2 Å². The van der Waals surface area contributed by atoms with Gasteiger partial charge < -0.3 is 5.11 Å². The molecule has 4 fully saturated rings. The maximum Gasteiger partial charge on any atom is 0.233 e. The van der Waals surface area contributed by atoms with Gasteiger partial charge >= 0.3 is 0 Å². The molecule has 4 aliphatic carbocycles. The fourth-order valence-electron chi connectivity index (χ4n) is 8.84. The Hall–Kier alpha value is -0.610. The summed E-state index contributed by atoms with van der Waals surface area (Å²) in [5, 5.41) is 10.2. The zero-order valence-corrected chi connectivity index (χ0v) is 18.3. The lowest BCUT2D eigenvalue weighted by Gasteiger charge is -2.61. The number of carbonyl (C=O) groups is 1. The highest BCUT2D eigenvalue weighted by Crippen LogP contribution is 2.68. The van der Waals surface area contributed by atoms with Gasteiger partial charge in [-0.25, -0.2) is 5.84 Å². The van der Waals surface area contributed by atoms with Crippen molar-refractivity contribution in [1.29, 1.82) is 0 Å². The summed E-state index contributed by atoms with van der Waals surface area (Å²) in [6.07, 6.45) is 13.0. The molecule has 0 aliphatic heterocycles. The van der Waals surface area contributed by atoms with Gasteiger partial charge in [0.25, 0.3) is 0 Å². The Labute approximate surface area is 171 Å². The summed E-state index contributed by atoms with van der Waals surface area (Å²) in [6, 6.07) is 0. The summed E-state index contributed by atoms with van der Waals surface area (Å²) >= 11 is 0. The minimum atomic E-state index is -0.0501. The monoisotopic (exact) mass is 390 g/mol. The number of hydrogen-bond acceptors (Lipinski definition) is 3. The molecule has 4 heteroatoms. The topological polar surface area (TPSA) is 75.4 Å². The van der Waals surface area contributed by atoms with Crippen molar-refractivity contribution in [3.63, 3.8) is 0 Å². The molecule has 0 aromatic carbocycles. The summed E-state index contributed by atoms with van der Waals surface area (Å²) in [6.45, 7) is 7.53. The first-order valence-corrected chi connectivity index (χ1v) is 12.0. The predicted molar refractivity (Wildman–Crippen MR) is 112 cm³/mol. The number of carbonyl (C=O) groups excluding carboxylic acids is 1. The lowest BCUT2D eigenvalue weighted by molar-refractivity contribution is -0.129. The van der Waals surface area contributed by atoms with E-state index in [1.165, 1.54) is 44.9 Å². The molecule has 4 rings (SSSR count). The van der Waals surface area contributed by atoms with Crippen LogP contribution in [0.15, 0.2) is 0 Å². The SMILES string of the molecule is C[C@H](CCC(=O)NN)[C@@H]1CC[C@@H]2[C@@H]3CC[C@@H]4C[C@H](O)CC[C@]4(C)[C@@H]3CC[C@@]21C. The van der Waals surface area contributed by atoms with Crippen LogP contribution in [0.5, 0.6) is 0 Å². The highest BCUT2D eigenvalue weighted by Gasteiger charge is 2.60. The van der Waals surface area contributed by atoms with Crippen molar-refractivity contribution in [2.45, 2.75) is 97.5 Å². The average Bonchev–Trinajstić information content (AvgIpc) is 3.03. The largest absolute Gasteiger partial charge is 0.393 e. The summed E-state index contributed by atoms with van der Waals surface area (Å²) in [7, 11) is 0. The van der Waals surface area contributed by atoms with Gasteiger partial charge in [0.2, 0.25) is 5.91 Å². The van der Waals surface area contributed by atoms with E-state index in [1.807, 2.05) is 0 Å². The van der Waals surface area contributed by atoms with Crippen LogP contribution in [0.1, 0.15) is 91.4 Å². The van der Waals surface area contributed by atoms with Crippen LogP contribution in [0.2, 0.25) is 0 Å². The highest BCUT2D eigenvalue weighted by atomic mass is 16.3. The van der Waals surface area contributed by atoms with E-state index >= 15 is 0 Å². The van der Waals surface area contributed by atoms with Crippen LogP contribution in [0.4, 0.5) is 0 Å². The first kappa shape index (κ1) is 20.7. The number of rotatable bonds is 4. The summed E-state index contributed by atoms with van der Waals surface area (Å²) in [5.41, 5.74) is 3.21. The molecule has 0 aromatic heterocycles. The van der Waals surface area contributed by atoms with Gasteiger partial charge in [0, 0.05) is 6.42 Å². The Morgan fingerprint density at radius 1 is 1.07 bits per heavy atom. The van der Waals surface area contributed by atoms with Gasteiger partial charge in [-0.2, -0.15) is 0 Å². The third-order valence-corrected chi connectivity index (χ3v) is 10.4. The van der Waals surface area contributed by atoms with Crippen molar-refractivity contribution < 1.29 is 9.90 Å². The Balaban J connectivity index is 1.48. The molecule has 0 unspecified atom stereocenters. The van der Waals surface area contributed by atoms with E-state index in [9.17, 15) is 9.90 Å². The molecular weight excluding hydrogens is 348 g/mol. The minimum absolute atomic E-state index is 0.0269. The molecule has 4 aliphatic rings. The average molecular weight is 391 g/mol. The highest BCUT2D eigenvalue weighted by molar-refractivity contribution is 5.75. The minimum Gasteiger partial charge on any atom is -0.393 e. The van der Waals surface area contributed by atoms with Gasteiger partial charge in [-0.05, 0) is 111 Å². The summed E-state index contributed by atoms with van der Waals surface area (Å²) in [4.78, 5) is 11.6. The van der Waals surface area contributed by atoms with Crippen molar-refractivity contribution in [3.05, 3.63) is 0 Å². The Kier molecular flexibility index (Phi) is 5.59. The Morgan fingerprint density at radius 3 is 2.54 bits per heavy atom. The molecule has 4 saturated carbocycles. The number of nitrogens with two attached hydrogens (primary N) is 1. The maximum absolute atomic E-state index is 11.6. The Morgan fingerprint density at radius 2 is 1.79 bits per heavy atom. The maximum atomic E-state index is 11.6. The fourth-order valence-corrected chi connectivity index (χ4v) is 8.84. The van der Waals surface area contributed by atoms with Crippen LogP contribution < -0.4 is 11.3 Å². The molecular formula is C24H42N2O2. The smallest absolute Gasteiger partial charge is 0.233 e. The van der Waals surface area contributed by atoms with Crippen LogP contribution in [-0.4, -0.2) is 17.1 Å². The Bertz CT molecular complexity index is 595. The van der Waals surface area contributed by atoms with Crippen molar-refractivity contribution >= 4 is 5.91 Å². The third-order valence-electron chi connectivity index (χ3n) is 10.4. The number of hydrazine groups is 1. The van der Waals surface area contributed by atoms with Crippen LogP contribution >= 0.6 is 0 Å². The first-order valence-electron chi connectivity index (χ1n) is 12.0. The molecule has 0 heterocycles. The third kappa shape index (κ3) is 3.23. The van der Waals surface area contributed by atoms with Crippen molar-refractivity contribution in [2.24, 2.45) is 52.2 Å². The van der Waals surface area contributed by atoms with Crippen LogP contribution in [0.3, 0.4) is 0 Å². The molecule has 0 saturated heterocycles. The number of fused-ring (bicyclic) bond motifs is 5. The summed E-state index contributed by atoms with van der Waals surface area (Å²) in [5.74, 6) is 9.97. The first-order chi connectivity index (χ1) is 13.3. The molecule has 1 amide bonds. The van der Waals surface area contributed by atoms with E-state index in [-0.39, 0.29) is 12.0 Å². The van der Waals surface area contributed by atoms with Gasteiger partial charge in [0.15, 0.2) is 0 Å². The number of nitrogens with one attached hydrogen (secondary N) is 1.